The molecule has 0 aromatic heterocycles. The highest BCUT2D eigenvalue weighted by molar-refractivity contribution is 9.10. The molecule has 0 bridgehead atoms. The van der Waals surface area contributed by atoms with Gasteiger partial charge in [0.05, 0.1) is 6.61 Å². The normalized spacial score (nSPS) is 12.8. The van der Waals surface area contributed by atoms with Crippen LogP contribution in [0.2, 0.25) is 0 Å². The Labute approximate surface area is 136 Å². The fraction of sp³-hybridized carbons (Fsp3) is 0.417. The quantitative estimate of drug-likeness (QED) is 0.558. The molecule has 0 radical (unpaired) electrons. The molecule has 0 saturated carbocycles. The summed E-state index contributed by atoms with van der Waals surface area (Å²) in [5.74, 6) is -0.365. The number of ether oxygens (including phenoxy) is 2. The van der Waals surface area contributed by atoms with Crippen molar-refractivity contribution in [3.05, 3.63) is 22.7 Å². The lowest BCUT2D eigenvalue weighted by Crippen LogP contribution is -2.38. The van der Waals surface area contributed by atoms with Gasteiger partial charge in [-0.2, -0.15) is 0 Å². The lowest BCUT2D eigenvalue weighted by Gasteiger charge is -2.16. The number of carbonyl (C=O) groups is 1. The Morgan fingerprint density at radius 2 is 2.14 bits per heavy atom. The molecular formula is C12H15BrClNO5S. The van der Waals surface area contributed by atoms with E-state index in [4.69, 9.17) is 20.2 Å². The first-order valence-corrected chi connectivity index (χ1v) is 9.03. The molecule has 6 nitrogen and oxygen atoms in total. The van der Waals surface area contributed by atoms with Crippen LogP contribution in [0.5, 0.6) is 5.75 Å². The fourth-order valence-electron chi connectivity index (χ4n) is 1.43. The zero-order valence-corrected chi connectivity index (χ0v) is 14.6. The number of carbonyl (C=O) groups excluding carboxylic acids is 1. The summed E-state index contributed by atoms with van der Waals surface area (Å²) in [4.78, 5) is 11.6. The molecule has 0 saturated heterocycles. The molecule has 0 spiro atoms. The van der Waals surface area contributed by atoms with Crippen molar-refractivity contribution >= 4 is 41.6 Å². The summed E-state index contributed by atoms with van der Waals surface area (Å²) in [6.45, 7) is 2.22. The van der Waals surface area contributed by atoms with Gasteiger partial charge in [0.1, 0.15) is 10.6 Å². The van der Waals surface area contributed by atoms with Crippen LogP contribution in [0.4, 0.5) is 0 Å². The molecule has 0 aliphatic rings. The molecular weight excluding hydrogens is 386 g/mol. The summed E-state index contributed by atoms with van der Waals surface area (Å²) in [7, 11) is 2.89. The lowest BCUT2D eigenvalue weighted by atomic mass is 10.3. The zero-order chi connectivity index (χ0) is 16.0. The second-order valence-electron chi connectivity index (χ2n) is 4.07. The predicted octanol–water partition coefficient (Wildman–Crippen LogP) is 1.91. The summed E-state index contributed by atoms with van der Waals surface area (Å²) >= 11 is 3.15. The molecule has 0 aliphatic heterocycles. The average Bonchev–Trinajstić information content (AvgIpc) is 2.39. The minimum Gasteiger partial charge on any atom is -0.479 e. The summed E-state index contributed by atoms with van der Waals surface area (Å²) in [5.41, 5.74) is 0. The molecule has 0 aliphatic carbocycles. The maximum atomic E-state index is 11.8. The van der Waals surface area contributed by atoms with Crippen LogP contribution in [-0.2, 0) is 18.6 Å². The average molecular weight is 401 g/mol. The number of methoxy groups -OCH3 is 1. The highest BCUT2D eigenvalue weighted by Gasteiger charge is 2.21. The SMILES string of the molecule is COCCNC(=O)C(C)Oc1ccc(Br)cc1S(=O)(=O)Cl. The highest BCUT2D eigenvalue weighted by Crippen LogP contribution is 2.30. The van der Waals surface area contributed by atoms with E-state index in [2.05, 4.69) is 21.2 Å². The van der Waals surface area contributed by atoms with Crippen molar-refractivity contribution < 1.29 is 22.7 Å². The molecule has 118 valence electrons. The molecule has 1 aromatic carbocycles. The summed E-state index contributed by atoms with van der Waals surface area (Å²) < 4.78 is 33.8. The van der Waals surface area contributed by atoms with Crippen LogP contribution in [0.15, 0.2) is 27.6 Å². The van der Waals surface area contributed by atoms with Gasteiger partial charge in [-0.1, -0.05) is 15.9 Å². The second kappa shape index (κ2) is 7.98. The monoisotopic (exact) mass is 399 g/mol. The van der Waals surface area contributed by atoms with E-state index in [1.165, 1.54) is 26.2 Å². The van der Waals surface area contributed by atoms with E-state index in [1.54, 1.807) is 6.07 Å². The molecule has 1 aromatic rings. The molecule has 9 heteroatoms. The minimum atomic E-state index is -3.98. The number of hydrogen-bond acceptors (Lipinski definition) is 5. The number of rotatable bonds is 7. The van der Waals surface area contributed by atoms with Gasteiger partial charge in [0.15, 0.2) is 6.10 Å². The number of hydrogen-bond donors (Lipinski definition) is 1. The van der Waals surface area contributed by atoms with Gasteiger partial charge in [0.25, 0.3) is 15.0 Å². The fourth-order valence-corrected chi connectivity index (χ4v) is 2.93. The van der Waals surface area contributed by atoms with Gasteiger partial charge in [-0.15, -0.1) is 0 Å². The Bertz CT molecular complexity index is 608. The highest BCUT2D eigenvalue weighted by atomic mass is 79.9. The summed E-state index contributed by atoms with van der Waals surface area (Å²) in [6, 6.07) is 4.34. The van der Waals surface area contributed by atoms with E-state index >= 15 is 0 Å². The Morgan fingerprint density at radius 1 is 1.48 bits per heavy atom. The Hall–Kier alpha value is -0.830. The molecule has 1 unspecified atom stereocenters. The maximum absolute atomic E-state index is 11.8. The van der Waals surface area contributed by atoms with Crippen LogP contribution in [0.3, 0.4) is 0 Å². The van der Waals surface area contributed by atoms with Crippen molar-refractivity contribution in [2.24, 2.45) is 0 Å². The van der Waals surface area contributed by atoms with E-state index in [1.807, 2.05) is 0 Å². The van der Waals surface area contributed by atoms with Crippen molar-refractivity contribution in [1.82, 2.24) is 5.32 Å². The number of amides is 1. The first kappa shape index (κ1) is 18.2. The van der Waals surface area contributed by atoms with Crippen molar-refractivity contribution in [3.8, 4) is 5.75 Å². The molecule has 1 atom stereocenters. The van der Waals surface area contributed by atoms with Crippen molar-refractivity contribution in [1.29, 1.82) is 0 Å². The van der Waals surface area contributed by atoms with Crippen LogP contribution < -0.4 is 10.1 Å². The van der Waals surface area contributed by atoms with Gasteiger partial charge in [0, 0.05) is 28.8 Å². The van der Waals surface area contributed by atoms with Crippen LogP contribution in [0.25, 0.3) is 0 Å². The molecule has 21 heavy (non-hydrogen) atoms. The number of halogens is 2. The first-order chi connectivity index (χ1) is 9.75. The van der Waals surface area contributed by atoms with E-state index in [0.29, 0.717) is 17.6 Å². The number of nitrogens with one attached hydrogen (secondary N) is 1. The van der Waals surface area contributed by atoms with E-state index in [-0.39, 0.29) is 16.6 Å². The Morgan fingerprint density at radius 3 is 2.71 bits per heavy atom. The van der Waals surface area contributed by atoms with Gasteiger partial charge < -0.3 is 14.8 Å². The van der Waals surface area contributed by atoms with Gasteiger partial charge in [-0.3, -0.25) is 4.79 Å². The van der Waals surface area contributed by atoms with Crippen LogP contribution >= 0.6 is 26.6 Å². The molecule has 1 N–H and O–H groups in total. The molecule has 1 amide bonds. The minimum absolute atomic E-state index is 0.0163. The van der Waals surface area contributed by atoms with Crippen molar-refractivity contribution in [2.75, 3.05) is 20.3 Å². The third-order valence-corrected chi connectivity index (χ3v) is 4.28. The van der Waals surface area contributed by atoms with Crippen LogP contribution in [-0.4, -0.2) is 40.7 Å². The first-order valence-electron chi connectivity index (χ1n) is 5.93. The molecule has 1 rings (SSSR count). The molecule has 0 fully saturated rings. The van der Waals surface area contributed by atoms with Gasteiger partial charge in [0.2, 0.25) is 0 Å². The zero-order valence-electron chi connectivity index (χ0n) is 11.4. The smallest absolute Gasteiger partial charge is 0.265 e. The number of benzene rings is 1. The Balaban J connectivity index is 2.85. The van der Waals surface area contributed by atoms with E-state index in [0.717, 1.165) is 0 Å². The third kappa shape index (κ3) is 5.82. The van der Waals surface area contributed by atoms with E-state index in [9.17, 15) is 13.2 Å². The maximum Gasteiger partial charge on any atom is 0.265 e. The van der Waals surface area contributed by atoms with Crippen LogP contribution in [0.1, 0.15) is 6.92 Å². The summed E-state index contributed by atoms with van der Waals surface area (Å²) in [6.07, 6.45) is -0.875. The standard InChI is InChI=1S/C12H15BrClNO5S/c1-8(12(16)15-5-6-19-2)20-10-4-3-9(13)7-11(10)21(14,17)18/h3-4,7-8H,5-6H2,1-2H3,(H,15,16). The topological polar surface area (TPSA) is 81.7 Å². The lowest BCUT2D eigenvalue weighted by molar-refractivity contribution is -0.127. The second-order valence-corrected chi connectivity index (χ2v) is 7.52. The van der Waals surface area contributed by atoms with E-state index < -0.39 is 15.2 Å². The van der Waals surface area contributed by atoms with Crippen LogP contribution in [0, 0.1) is 0 Å². The molecule has 0 heterocycles. The Kier molecular flexibility index (Phi) is 6.92. The largest absolute Gasteiger partial charge is 0.479 e. The van der Waals surface area contributed by atoms with Gasteiger partial charge in [-0.05, 0) is 25.1 Å². The predicted molar refractivity (Wildman–Crippen MR) is 82.2 cm³/mol. The van der Waals surface area contributed by atoms with Gasteiger partial charge >= 0.3 is 0 Å². The van der Waals surface area contributed by atoms with Crippen molar-refractivity contribution in [3.63, 3.8) is 0 Å². The van der Waals surface area contributed by atoms with Crippen molar-refractivity contribution in [2.45, 2.75) is 17.9 Å². The third-order valence-electron chi connectivity index (χ3n) is 2.45. The van der Waals surface area contributed by atoms with Gasteiger partial charge in [-0.25, -0.2) is 8.42 Å². The summed E-state index contributed by atoms with van der Waals surface area (Å²) in [5, 5.41) is 2.59.